The van der Waals surface area contributed by atoms with E-state index in [-0.39, 0.29) is 29.2 Å². The number of amides is 1. The molecule has 0 radical (unpaired) electrons. The molecule has 22 heavy (non-hydrogen) atoms. The lowest BCUT2D eigenvalue weighted by Gasteiger charge is -2.32. The summed E-state index contributed by atoms with van der Waals surface area (Å²) in [6.45, 7) is 2.97. The number of aryl methyl sites for hydroxylation is 2. The Kier molecular flexibility index (Phi) is 5.00. The van der Waals surface area contributed by atoms with E-state index in [1.807, 2.05) is 6.92 Å². The first-order valence-electron chi connectivity index (χ1n) is 7.57. The Bertz CT molecular complexity index is 636. The van der Waals surface area contributed by atoms with E-state index < -0.39 is 5.97 Å². The molecule has 6 nitrogen and oxygen atoms in total. The summed E-state index contributed by atoms with van der Waals surface area (Å²) in [6.07, 6.45) is 4.07. The maximum Gasteiger partial charge on any atom is 0.303 e. The summed E-state index contributed by atoms with van der Waals surface area (Å²) >= 11 is 0. The first-order chi connectivity index (χ1) is 10.4. The molecule has 1 saturated heterocycles. The molecule has 0 aromatic carbocycles. The summed E-state index contributed by atoms with van der Waals surface area (Å²) in [5.41, 5.74) is 0.736. The maximum atomic E-state index is 12.6. The number of carbonyl (C=O) groups excluding carboxylic acids is 1. The van der Waals surface area contributed by atoms with Crippen LogP contribution >= 0.6 is 0 Å². The minimum atomic E-state index is -0.809. The topological polar surface area (TPSA) is 79.6 Å². The van der Waals surface area contributed by atoms with Crippen molar-refractivity contribution in [3.8, 4) is 0 Å². The smallest absolute Gasteiger partial charge is 0.303 e. The third-order valence-electron chi connectivity index (χ3n) is 4.29. The van der Waals surface area contributed by atoms with Crippen molar-refractivity contribution in [2.45, 2.75) is 32.6 Å². The van der Waals surface area contributed by atoms with Gasteiger partial charge in [0.05, 0.1) is 0 Å². The predicted molar refractivity (Wildman–Crippen MR) is 81.9 cm³/mol. The van der Waals surface area contributed by atoms with E-state index in [1.165, 1.54) is 6.07 Å². The first kappa shape index (κ1) is 16.3. The number of nitrogens with zero attached hydrogens (tertiary/aromatic N) is 2. The van der Waals surface area contributed by atoms with Gasteiger partial charge in [-0.15, -0.1) is 0 Å². The summed E-state index contributed by atoms with van der Waals surface area (Å²) in [7, 11) is 1.80. The molecule has 0 bridgehead atoms. The van der Waals surface area contributed by atoms with Crippen molar-refractivity contribution in [1.82, 2.24) is 9.47 Å². The molecule has 0 spiro atoms. The van der Waals surface area contributed by atoms with Crippen LogP contribution in [0.4, 0.5) is 0 Å². The molecule has 120 valence electrons. The van der Waals surface area contributed by atoms with Crippen LogP contribution in [0.3, 0.4) is 0 Å². The number of carboxylic acids is 1. The molecular formula is C16H22N2O4. The molecule has 1 fully saturated rings. The van der Waals surface area contributed by atoms with Crippen molar-refractivity contribution in [3.05, 3.63) is 33.7 Å². The lowest BCUT2D eigenvalue weighted by atomic mass is 9.93. The molecule has 1 aliphatic heterocycles. The van der Waals surface area contributed by atoms with Crippen LogP contribution in [0, 0.1) is 12.8 Å². The minimum absolute atomic E-state index is 0.124. The van der Waals surface area contributed by atoms with Crippen LogP contribution in [0.2, 0.25) is 0 Å². The predicted octanol–water partition coefficient (Wildman–Crippen LogP) is 1.41. The SMILES string of the molecule is Cc1cc(=O)c(C(=O)N2CCCC(CCC(=O)O)C2)cn1C. The second kappa shape index (κ2) is 6.77. The molecule has 1 amide bonds. The summed E-state index contributed by atoms with van der Waals surface area (Å²) in [6, 6.07) is 1.47. The molecule has 0 aliphatic carbocycles. The van der Waals surface area contributed by atoms with Gasteiger partial charge in [-0.2, -0.15) is 0 Å². The van der Waals surface area contributed by atoms with Crippen molar-refractivity contribution in [2.24, 2.45) is 13.0 Å². The highest BCUT2D eigenvalue weighted by Gasteiger charge is 2.26. The van der Waals surface area contributed by atoms with Crippen LogP contribution in [-0.2, 0) is 11.8 Å². The van der Waals surface area contributed by atoms with Crippen LogP contribution < -0.4 is 5.43 Å². The van der Waals surface area contributed by atoms with E-state index in [0.29, 0.717) is 19.5 Å². The van der Waals surface area contributed by atoms with E-state index in [4.69, 9.17) is 5.11 Å². The molecule has 1 unspecified atom stereocenters. The van der Waals surface area contributed by atoms with Gasteiger partial charge in [-0.25, -0.2) is 0 Å². The van der Waals surface area contributed by atoms with E-state index in [2.05, 4.69) is 0 Å². The second-order valence-corrected chi connectivity index (χ2v) is 6.00. The van der Waals surface area contributed by atoms with Crippen LogP contribution in [0.5, 0.6) is 0 Å². The number of carboxylic acid groups (broad SMARTS) is 1. The fourth-order valence-electron chi connectivity index (χ4n) is 2.87. The quantitative estimate of drug-likeness (QED) is 0.912. The first-order valence-corrected chi connectivity index (χ1v) is 7.57. The Labute approximate surface area is 129 Å². The lowest BCUT2D eigenvalue weighted by molar-refractivity contribution is -0.137. The van der Waals surface area contributed by atoms with Gasteiger partial charge in [0.2, 0.25) is 0 Å². The molecule has 6 heteroatoms. The van der Waals surface area contributed by atoms with Crippen LogP contribution in [0.25, 0.3) is 0 Å². The van der Waals surface area contributed by atoms with Gasteiger partial charge in [0.25, 0.3) is 5.91 Å². The van der Waals surface area contributed by atoms with Crippen LogP contribution in [0.15, 0.2) is 17.1 Å². The van der Waals surface area contributed by atoms with Gasteiger partial charge < -0.3 is 14.6 Å². The zero-order valence-electron chi connectivity index (χ0n) is 13.0. The Balaban J connectivity index is 2.10. The molecule has 1 atom stereocenters. The highest BCUT2D eigenvalue weighted by atomic mass is 16.4. The van der Waals surface area contributed by atoms with E-state index in [0.717, 1.165) is 18.5 Å². The van der Waals surface area contributed by atoms with Crippen molar-refractivity contribution >= 4 is 11.9 Å². The third-order valence-corrected chi connectivity index (χ3v) is 4.29. The number of pyridine rings is 1. The Morgan fingerprint density at radius 2 is 2.14 bits per heavy atom. The number of piperidine rings is 1. The zero-order valence-corrected chi connectivity index (χ0v) is 13.0. The molecule has 1 N–H and O–H groups in total. The average molecular weight is 306 g/mol. The van der Waals surface area contributed by atoms with Crippen molar-refractivity contribution in [3.63, 3.8) is 0 Å². The number of hydrogen-bond donors (Lipinski definition) is 1. The van der Waals surface area contributed by atoms with Crippen LogP contribution in [0.1, 0.15) is 41.7 Å². The van der Waals surface area contributed by atoms with Gasteiger partial charge in [-0.05, 0) is 32.1 Å². The monoisotopic (exact) mass is 306 g/mol. The minimum Gasteiger partial charge on any atom is -0.481 e. The van der Waals surface area contributed by atoms with E-state index in [9.17, 15) is 14.4 Å². The Morgan fingerprint density at radius 1 is 1.41 bits per heavy atom. The number of likely N-dealkylation sites (tertiary alicyclic amines) is 1. The highest BCUT2D eigenvalue weighted by molar-refractivity contribution is 5.94. The van der Waals surface area contributed by atoms with E-state index in [1.54, 1.807) is 22.7 Å². The van der Waals surface area contributed by atoms with Gasteiger partial charge in [-0.3, -0.25) is 14.4 Å². The summed E-state index contributed by atoms with van der Waals surface area (Å²) in [4.78, 5) is 36.9. The Morgan fingerprint density at radius 3 is 2.82 bits per heavy atom. The van der Waals surface area contributed by atoms with Crippen molar-refractivity contribution in [1.29, 1.82) is 0 Å². The molecule has 1 aromatic rings. The highest BCUT2D eigenvalue weighted by Crippen LogP contribution is 2.22. The largest absolute Gasteiger partial charge is 0.481 e. The molecular weight excluding hydrogens is 284 g/mol. The number of aromatic nitrogens is 1. The third kappa shape index (κ3) is 3.75. The number of aliphatic carboxylic acids is 1. The lowest BCUT2D eigenvalue weighted by Crippen LogP contribution is -2.42. The molecule has 2 rings (SSSR count). The summed E-state index contributed by atoms with van der Waals surface area (Å²) in [5, 5.41) is 8.77. The molecule has 1 aliphatic rings. The van der Waals surface area contributed by atoms with Gasteiger partial charge >= 0.3 is 5.97 Å². The average Bonchev–Trinajstić information content (AvgIpc) is 2.48. The number of rotatable bonds is 4. The summed E-state index contributed by atoms with van der Waals surface area (Å²) in [5.74, 6) is -0.862. The van der Waals surface area contributed by atoms with E-state index >= 15 is 0 Å². The standard InChI is InChI=1S/C16H22N2O4/c1-11-8-14(19)13(10-17(11)2)16(22)18-7-3-4-12(9-18)5-6-15(20)21/h8,10,12H,3-7,9H2,1-2H3,(H,20,21). The molecule has 1 aromatic heterocycles. The van der Waals surface area contributed by atoms with Crippen molar-refractivity contribution in [2.75, 3.05) is 13.1 Å². The number of hydrogen-bond acceptors (Lipinski definition) is 3. The van der Waals surface area contributed by atoms with Crippen LogP contribution in [-0.4, -0.2) is 39.5 Å². The van der Waals surface area contributed by atoms with Crippen molar-refractivity contribution < 1.29 is 14.7 Å². The normalized spacial score (nSPS) is 18.3. The fraction of sp³-hybridized carbons (Fsp3) is 0.562. The van der Waals surface area contributed by atoms with Gasteiger partial charge in [-0.1, -0.05) is 0 Å². The molecule has 2 heterocycles. The maximum absolute atomic E-state index is 12.6. The van der Waals surface area contributed by atoms with Gasteiger partial charge in [0, 0.05) is 44.5 Å². The second-order valence-electron chi connectivity index (χ2n) is 6.00. The fourth-order valence-corrected chi connectivity index (χ4v) is 2.87. The Hall–Kier alpha value is -2.11. The molecule has 0 saturated carbocycles. The zero-order chi connectivity index (χ0) is 16.3. The van der Waals surface area contributed by atoms with Gasteiger partial charge in [0.1, 0.15) is 5.56 Å². The number of carbonyl (C=O) groups is 2. The van der Waals surface area contributed by atoms with Gasteiger partial charge in [0.15, 0.2) is 5.43 Å². The summed E-state index contributed by atoms with van der Waals surface area (Å²) < 4.78 is 1.76.